The maximum Gasteiger partial charge on any atom is 0.326 e. The molecule has 0 aromatic heterocycles. The number of amides is 2. The topological polar surface area (TPSA) is 107 Å². The summed E-state index contributed by atoms with van der Waals surface area (Å²) in [5, 5.41) is 21.7. The van der Waals surface area contributed by atoms with Gasteiger partial charge >= 0.3 is 5.97 Å². The molecule has 7 heteroatoms. The van der Waals surface area contributed by atoms with Crippen molar-refractivity contribution >= 4 is 17.8 Å². The van der Waals surface area contributed by atoms with Crippen molar-refractivity contribution in [2.24, 2.45) is 0 Å². The molecule has 2 atom stereocenters. The molecule has 120 valence electrons. The highest BCUT2D eigenvalue weighted by Crippen LogP contribution is 2.16. The number of hydrogen-bond acceptors (Lipinski definition) is 4. The van der Waals surface area contributed by atoms with Crippen LogP contribution in [0.25, 0.3) is 0 Å². The van der Waals surface area contributed by atoms with Crippen LogP contribution < -0.4 is 5.32 Å². The van der Waals surface area contributed by atoms with Gasteiger partial charge in [-0.3, -0.25) is 9.59 Å². The maximum absolute atomic E-state index is 12.4. The Hall–Kier alpha value is -2.41. The number of carbonyl (C=O) groups is 3. The summed E-state index contributed by atoms with van der Waals surface area (Å²) in [6, 6.07) is 7.15. The van der Waals surface area contributed by atoms with Crippen molar-refractivity contribution in [3.8, 4) is 0 Å². The van der Waals surface area contributed by atoms with E-state index in [-0.39, 0.29) is 19.0 Å². The lowest BCUT2D eigenvalue weighted by Gasteiger charge is -2.28. The molecule has 2 unspecified atom stereocenters. The average molecular weight is 308 g/mol. The monoisotopic (exact) mass is 308 g/mol. The number of nitrogens with zero attached hydrogens (tertiary/aromatic N) is 1. The third-order valence-electron chi connectivity index (χ3n) is 3.18. The molecule has 0 spiro atoms. The number of aliphatic hydroxyl groups is 1. The van der Waals surface area contributed by atoms with Crippen molar-refractivity contribution < 1.29 is 24.6 Å². The molecule has 0 radical (unpaired) electrons. The molecule has 0 aliphatic carbocycles. The van der Waals surface area contributed by atoms with Crippen LogP contribution in [0.4, 0.5) is 0 Å². The SMILES string of the molecule is CC(=O)NCCN(C(=O)C(O)c1ccccc1)C(C)C(=O)O. The second-order valence-electron chi connectivity index (χ2n) is 4.84. The first-order valence-corrected chi connectivity index (χ1v) is 6.85. The third kappa shape index (κ3) is 4.85. The summed E-state index contributed by atoms with van der Waals surface area (Å²) in [5.74, 6) is -2.18. The number of nitrogens with one attached hydrogen (secondary N) is 1. The minimum absolute atomic E-state index is 0.00419. The minimum Gasteiger partial charge on any atom is -0.480 e. The van der Waals surface area contributed by atoms with Crippen LogP contribution in [0.5, 0.6) is 0 Å². The molecule has 0 saturated carbocycles. The summed E-state index contributed by atoms with van der Waals surface area (Å²) in [4.78, 5) is 35.4. The highest BCUT2D eigenvalue weighted by molar-refractivity contribution is 5.87. The van der Waals surface area contributed by atoms with Gasteiger partial charge in [0.2, 0.25) is 5.91 Å². The first-order chi connectivity index (χ1) is 10.3. The van der Waals surface area contributed by atoms with Crippen LogP contribution in [0.2, 0.25) is 0 Å². The lowest BCUT2D eigenvalue weighted by atomic mass is 10.1. The van der Waals surface area contributed by atoms with E-state index >= 15 is 0 Å². The molecule has 2 amide bonds. The summed E-state index contributed by atoms with van der Waals surface area (Å²) < 4.78 is 0. The predicted octanol–water partition coefficient (Wildman–Crippen LogP) is 0.158. The van der Waals surface area contributed by atoms with Crippen molar-refractivity contribution in [1.82, 2.24) is 10.2 Å². The molecule has 3 N–H and O–H groups in total. The van der Waals surface area contributed by atoms with Crippen LogP contribution in [0.3, 0.4) is 0 Å². The minimum atomic E-state index is -1.44. The number of carboxylic acids is 1. The molecule has 1 aromatic rings. The normalized spacial score (nSPS) is 13.0. The fraction of sp³-hybridized carbons (Fsp3) is 0.400. The van der Waals surface area contributed by atoms with Gasteiger partial charge in [-0.2, -0.15) is 0 Å². The van der Waals surface area contributed by atoms with Crippen LogP contribution in [0.15, 0.2) is 30.3 Å². The first-order valence-electron chi connectivity index (χ1n) is 6.85. The second-order valence-corrected chi connectivity index (χ2v) is 4.84. The van der Waals surface area contributed by atoms with Crippen LogP contribution in [0, 0.1) is 0 Å². The van der Waals surface area contributed by atoms with E-state index in [9.17, 15) is 19.5 Å². The zero-order valence-electron chi connectivity index (χ0n) is 12.5. The Labute approximate surface area is 128 Å². The standard InChI is InChI=1S/C15H20N2O5/c1-10(15(21)22)17(9-8-16-11(2)18)14(20)13(19)12-6-4-3-5-7-12/h3-7,10,13,19H,8-9H2,1-2H3,(H,16,18)(H,21,22). The molecular weight excluding hydrogens is 288 g/mol. The van der Waals surface area contributed by atoms with Crippen molar-refractivity contribution in [2.45, 2.75) is 26.0 Å². The number of benzene rings is 1. The molecule has 22 heavy (non-hydrogen) atoms. The van der Waals surface area contributed by atoms with Gasteiger partial charge in [-0.15, -0.1) is 0 Å². The van der Waals surface area contributed by atoms with Gasteiger partial charge in [-0.05, 0) is 12.5 Å². The lowest BCUT2D eigenvalue weighted by molar-refractivity contribution is -0.153. The Balaban J connectivity index is 2.86. The van der Waals surface area contributed by atoms with E-state index < -0.39 is 24.0 Å². The smallest absolute Gasteiger partial charge is 0.326 e. The Morgan fingerprint density at radius 1 is 1.23 bits per heavy atom. The molecule has 1 aromatic carbocycles. The van der Waals surface area contributed by atoms with Gasteiger partial charge < -0.3 is 20.4 Å². The van der Waals surface area contributed by atoms with Gasteiger partial charge in [-0.1, -0.05) is 30.3 Å². The van der Waals surface area contributed by atoms with E-state index in [0.717, 1.165) is 4.90 Å². The van der Waals surface area contributed by atoms with Crippen molar-refractivity contribution in [1.29, 1.82) is 0 Å². The van der Waals surface area contributed by atoms with Gasteiger partial charge in [0.1, 0.15) is 6.04 Å². The summed E-state index contributed by atoms with van der Waals surface area (Å²) in [6.07, 6.45) is -1.44. The molecule has 0 aliphatic heterocycles. The molecular formula is C15H20N2O5. The largest absolute Gasteiger partial charge is 0.480 e. The molecule has 0 bridgehead atoms. The zero-order valence-corrected chi connectivity index (χ0v) is 12.5. The van der Waals surface area contributed by atoms with Gasteiger partial charge in [0.05, 0.1) is 0 Å². The van der Waals surface area contributed by atoms with E-state index in [2.05, 4.69) is 5.32 Å². The summed E-state index contributed by atoms with van der Waals surface area (Å²) >= 11 is 0. The fourth-order valence-electron chi connectivity index (χ4n) is 1.92. The third-order valence-corrected chi connectivity index (χ3v) is 3.18. The summed E-state index contributed by atoms with van der Waals surface area (Å²) in [6.45, 7) is 2.79. The van der Waals surface area contributed by atoms with Crippen molar-refractivity contribution in [2.75, 3.05) is 13.1 Å². The van der Waals surface area contributed by atoms with E-state index in [1.165, 1.54) is 13.8 Å². The van der Waals surface area contributed by atoms with Crippen molar-refractivity contribution in [3.63, 3.8) is 0 Å². The molecule has 7 nitrogen and oxygen atoms in total. The molecule has 1 rings (SSSR count). The van der Waals surface area contributed by atoms with Crippen LogP contribution in [-0.2, 0) is 14.4 Å². The summed E-state index contributed by atoms with van der Waals surface area (Å²) in [5.41, 5.74) is 0.384. The number of aliphatic hydroxyl groups excluding tert-OH is 1. The van der Waals surface area contributed by atoms with E-state index in [4.69, 9.17) is 5.11 Å². The Bertz CT molecular complexity index is 532. The van der Waals surface area contributed by atoms with Gasteiger partial charge in [0.15, 0.2) is 6.10 Å². The van der Waals surface area contributed by atoms with Gasteiger partial charge in [0, 0.05) is 20.0 Å². The van der Waals surface area contributed by atoms with Crippen LogP contribution >= 0.6 is 0 Å². The zero-order chi connectivity index (χ0) is 16.7. The second kappa shape index (κ2) is 8.14. The Kier molecular flexibility index (Phi) is 6.52. The fourth-order valence-corrected chi connectivity index (χ4v) is 1.92. The highest BCUT2D eigenvalue weighted by atomic mass is 16.4. The quantitative estimate of drug-likeness (QED) is 0.665. The number of rotatable bonds is 7. The molecule has 0 heterocycles. The molecule has 0 fully saturated rings. The number of hydrogen-bond donors (Lipinski definition) is 3. The van der Waals surface area contributed by atoms with E-state index in [0.29, 0.717) is 5.56 Å². The number of carbonyl (C=O) groups excluding carboxylic acids is 2. The maximum atomic E-state index is 12.4. The average Bonchev–Trinajstić information content (AvgIpc) is 2.50. The Morgan fingerprint density at radius 2 is 1.82 bits per heavy atom. The molecule has 0 saturated heterocycles. The predicted molar refractivity (Wildman–Crippen MR) is 78.9 cm³/mol. The van der Waals surface area contributed by atoms with Gasteiger partial charge in [0.25, 0.3) is 5.91 Å². The summed E-state index contributed by atoms with van der Waals surface area (Å²) in [7, 11) is 0. The first kappa shape index (κ1) is 17.6. The van der Waals surface area contributed by atoms with Gasteiger partial charge in [-0.25, -0.2) is 4.79 Å². The highest BCUT2D eigenvalue weighted by Gasteiger charge is 2.30. The van der Waals surface area contributed by atoms with Crippen LogP contribution in [-0.4, -0.2) is 52.0 Å². The Morgan fingerprint density at radius 3 is 2.32 bits per heavy atom. The van der Waals surface area contributed by atoms with E-state index in [1.807, 2.05) is 0 Å². The number of carboxylic acid groups (broad SMARTS) is 1. The molecule has 0 aliphatic rings. The lowest BCUT2D eigenvalue weighted by Crippen LogP contribution is -2.48. The van der Waals surface area contributed by atoms with E-state index in [1.54, 1.807) is 30.3 Å². The van der Waals surface area contributed by atoms with Crippen LogP contribution in [0.1, 0.15) is 25.5 Å². The number of aliphatic carboxylic acids is 1. The van der Waals surface area contributed by atoms with Crippen molar-refractivity contribution in [3.05, 3.63) is 35.9 Å².